The zero-order chi connectivity index (χ0) is 17.9. The number of halogens is 1. The van der Waals surface area contributed by atoms with Crippen molar-refractivity contribution in [2.45, 2.75) is 18.7 Å². The molecule has 2 N–H and O–H groups in total. The van der Waals surface area contributed by atoms with Gasteiger partial charge in [-0.2, -0.15) is 0 Å². The largest absolute Gasteiger partial charge is 0.375 e. The van der Waals surface area contributed by atoms with E-state index in [0.717, 1.165) is 17.4 Å². The number of nitrogens with one attached hydrogen (secondary N) is 2. The van der Waals surface area contributed by atoms with Crippen LogP contribution in [0, 0.1) is 13.8 Å². The Morgan fingerprint density at radius 2 is 1.83 bits per heavy atom. The van der Waals surface area contributed by atoms with Gasteiger partial charge in [-0.1, -0.05) is 23.7 Å². The van der Waals surface area contributed by atoms with Crippen LogP contribution >= 0.6 is 11.6 Å². The van der Waals surface area contributed by atoms with E-state index in [4.69, 9.17) is 11.6 Å². The number of hydrogen-bond donors (Lipinski definition) is 2. The molecule has 7 heteroatoms. The Hall–Kier alpha value is -2.05. The first kappa shape index (κ1) is 18.3. The summed E-state index contributed by atoms with van der Waals surface area (Å²) < 4.78 is 23.7. The van der Waals surface area contributed by atoms with Crippen LogP contribution in [-0.4, -0.2) is 27.1 Å². The van der Waals surface area contributed by atoms with Crippen molar-refractivity contribution in [3.8, 4) is 0 Å². The van der Waals surface area contributed by atoms with Crippen molar-refractivity contribution in [3.63, 3.8) is 0 Å². The molecule has 1 amide bonds. The fourth-order valence-electron chi connectivity index (χ4n) is 2.22. The average molecular weight is 367 g/mol. The second kappa shape index (κ2) is 7.23. The van der Waals surface area contributed by atoms with Crippen LogP contribution < -0.4 is 10.6 Å². The number of amides is 1. The summed E-state index contributed by atoms with van der Waals surface area (Å²) >= 11 is 5.97. The smallest absolute Gasteiger partial charge is 0.243 e. The summed E-state index contributed by atoms with van der Waals surface area (Å²) in [5, 5.41) is 5.72. The lowest BCUT2D eigenvalue weighted by Gasteiger charge is -2.13. The van der Waals surface area contributed by atoms with Crippen LogP contribution in [0.5, 0.6) is 0 Å². The number of aryl methyl sites for hydroxylation is 2. The Kier molecular flexibility index (Phi) is 5.51. The zero-order valence-electron chi connectivity index (χ0n) is 13.7. The fraction of sp³-hybridized carbons (Fsp3) is 0.235. The van der Waals surface area contributed by atoms with E-state index in [-0.39, 0.29) is 22.4 Å². The molecule has 0 aromatic heterocycles. The molecule has 2 aromatic rings. The van der Waals surface area contributed by atoms with E-state index in [9.17, 15) is 13.2 Å². The van der Waals surface area contributed by atoms with E-state index in [1.807, 2.05) is 32.0 Å². The van der Waals surface area contributed by atoms with Crippen LogP contribution in [0.4, 0.5) is 11.4 Å². The van der Waals surface area contributed by atoms with E-state index < -0.39 is 9.84 Å². The summed E-state index contributed by atoms with van der Waals surface area (Å²) in [4.78, 5) is 12.1. The molecule has 0 radical (unpaired) electrons. The van der Waals surface area contributed by atoms with Crippen molar-refractivity contribution in [1.82, 2.24) is 0 Å². The van der Waals surface area contributed by atoms with Gasteiger partial charge in [0, 0.05) is 11.9 Å². The highest BCUT2D eigenvalue weighted by molar-refractivity contribution is 7.91. The minimum atomic E-state index is -3.51. The standard InChI is InChI=1S/C17H19ClN2O3S/c1-11-7-8-13(9-12(11)2)20-16(21)10-19-15-6-4-5-14(18)17(15)24(3,22)23/h4-9,19H,10H2,1-3H3,(H,20,21). The van der Waals surface area contributed by atoms with Crippen molar-refractivity contribution in [2.75, 3.05) is 23.4 Å². The third-order valence-corrected chi connectivity index (χ3v) is 5.18. The second-order valence-electron chi connectivity index (χ2n) is 5.59. The van der Waals surface area contributed by atoms with Crippen molar-refractivity contribution < 1.29 is 13.2 Å². The predicted molar refractivity (Wildman–Crippen MR) is 97.6 cm³/mol. The van der Waals surface area contributed by atoms with Gasteiger partial charge in [0.2, 0.25) is 5.91 Å². The lowest BCUT2D eigenvalue weighted by Crippen LogP contribution is -2.22. The Labute approximate surface area is 147 Å². The van der Waals surface area contributed by atoms with Crippen LogP contribution in [0.1, 0.15) is 11.1 Å². The van der Waals surface area contributed by atoms with Gasteiger partial charge in [0.1, 0.15) is 4.90 Å². The van der Waals surface area contributed by atoms with Crippen LogP contribution in [0.15, 0.2) is 41.3 Å². The second-order valence-corrected chi connectivity index (χ2v) is 7.95. The maximum absolute atomic E-state index is 12.1. The van der Waals surface area contributed by atoms with Crippen molar-refractivity contribution in [2.24, 2.45) is 0 Å². The van der Waals surface area contributed by atoms with E-state index >= 15 is 0 Å². The number of anilines is 2. The van der Waals surface area contributed by atoms with E-state index in [2.05, 4.69) is 10.6 Å². The Bertz CT molecular complexity index is 879. The minimum Gasteiger partial charge on any atom is -0.375 e. The normalized spacial score (nSPS) is 11.2. The number of carbonyl (C=O) groups excluding carboxylic acids is 1. The molecular formula is C17H19ClN2O3S. The molecule has 0 aliphatic heterocycles. The Balaban J connectivity index is 2.10. The molecule has 0 aliphatic carbocycles. The molecule has 0 saturated heterocycles. The molecule has 0 atom stereocenters. The number of carbonyl (C=O) groups is 1. The first-order chi connectivity index (χ1) is 11.2. The highest BCUT2D eigenvalue weighted by atomic mass is 35.5. The molecular weight excluding hydrogens is 348 g/mol. The third kappa shape index (κ3) is 4.49. The highest BCUT2D eigenvalue weighted by Crippen LogP contribution is 2.29. The van der Waals surface area contributed by atoms with Gasteiger partial charge in [0.15, 0.2) is 9.84 Å². The monoisotopic (exact) mass is 366 g/mol. The van der Waals surface area contributed by atoms with Crippen molar-refractivity contribution in [1.29, 1.82) is 0 Å². The molecule has 24 heavy (non-hydrogen) atoms. The van der Waals surface area contributed by atoms with Crippen LogP contribution in [0.2, 0.25) is 5.02 Å². The maximum Gasteiger partial charge on any atom is 0.243 e. The van der Waals surface area contributed by atoms with Crippen LogP contribution in [0.3, 0.4) is 0 Å². The van der Waals surface area contributed by atoms with Gasteiger partial charge in [0.05, 0.1) is 17.3 Å². The number of hydrogen-bond acceptors (Lipinski definition) is 4. The molecule has 5 nitrogen and oxygen atoms in total. The summed E-state index contributed by atoms with van der Waals surface area (Å²) in [5.74, 6) is -0.280. The summed E-state index contributed by atoms with van der Waals surface area (Å²) in [5.41, 5.74) is 3.22. The SMILES string of the molecule is Cc1ccc(NC(=O)CNc2cccc(Cl)c2S(C)(=O)=O)cc1C. The van der Waals surface area contributed by atoms with Gasteiger partial charge in [-0.3, -0.25) is 4.79 Å². The van der Waals surface area contributed by atoms with E-state index in [0.29, 0.717) is 11.4 Å². The van der Waals surface area contributed by atoms with Crippen LogP contribution in [0.25, 0.3) is 0 Å². The van der Waals surface area contributed by atoms with Gasteiger partial charge in [-0.25, -0.2) is 8.42 Å². The molecule has 0 unspecified atom stereocenters. The molecule has 2 rings (SSSR count). The van der Waals surface area contributed by atoms with E-state index in [1.165, 1.54) is 6.07 Å². The lowest BCUT2D eigenvalue weighted by atomic mass is 10.1. The summed E-state index contributed by atoms with van der Waals surface area (Å²) in [7, 11) is -3.51. The van der Waals surface area contributed by atoms with Crippen molar-refractivity contribution >= 4 is 38.7 Å². The maximum atomic E-state index is 12.1. The van der Waals surface area contributed by atoms with Gasteiger partial charge in [0.25, 0.3) is 0 Å². The fourth-order valence-corrected chi connectivity index (χ4v) is 3.78. The molecule has 0 heterocycles. The molecule has 0 fully saturated rings. The predicted octanol–water partition coefficient (Wildman–Crippen LogP) is 3.41. The molecule has 0 spiro atoms. The quantitative estimate of drug-likeness (QED) is 0.850. The molecule has 2 aromatic carbocycles. The first-order valence-electron chi connectivity index (χ1n) is 7.28. The topological polar surface area (TPSA) is 75.3 Å². The number of sulfone groups is 1. The number of benzene rings is 2. The van der Waals surface area contributed by atoms with Crippen LogP contribution in [-0.2, 0) is 14.6 Å². The summed E-state index contributed by atoms with van der Waals surface area (Å²) in [6.07, 6.45) is 1.08. The van der Waals surface area contributed by atoms with Gasteiger partial charge < -0.3 is 10.6 Å². The van der Waals surface area contributed by atoms with Gasteiger partial charge >= 0.3 is 0 Å². The number of rotatable bonds is 5. The van der Waals surface area contributed by atoms with Gasteiger partial charge in [-0.05, 0) is 49.2 Å². The Morgan fingerprint density at radius 1 is 1.12 bits per heavy atom. The third-order valence-electron chi connectivity index (χ3n) is 3.57. The van der Waals surface area contributed by atoms with E-state index in [1.54, 1.807) is 12.1 Å². The lowest BCUT2D eigenvalue weighted by molar-refractivity contribution is -0.114. The molecule has 128 valence electrons. The van der Waals surface area contributed by atoms with Gasteiger partial charge in [-0.15, -0.1) is 0 Å². The summed E-state index contributed by atoms with van der Waals surface area (Å²) in [6, 6.07) is 10.3. The first-order valence-corrected chi connectivity index (χ1v) is 9.55. The molecule has 0 aliphatic rings. The zero-order valence-corrected chi connectivity index (χ0v) is 15.3. The summed E-state index contributed by atoms with van der Waals surface area (Å²) in [6.45, 7) is 3.89. The molecule has 0 bridgehead atoms. The Morgan fingerprint density at radius 3 is 2.46 bits per heavy atom. The average Bonchev–Trinajstić information content (AvgIpc) is 2.47. The highest BCUT2D eigenvalue weighted by Gasteiger charge is 2.17. The molecule has 0 saturated carbocycles. The minimum absolute atomic E-state index is 0.00866. The van der Waals surface area contributed by atoms with Crippen molar-refractivity contribution in [3.05, 3.63) is 52.5 Å².